The monoisotopic (exact) mass is 356 g/mol. The summed E-state index contributed by atoms with van der Waals surface area (Å²) in [7, 11) is 0. The van der Waals surface area contributed by atoms with Crippen LogP contribution in [-0.2, 0) is 6.18 Å². The van der Waals surface area contributed by atoms with Crippen LogP contribution in [-0.4, -0.2) is 9.36 Å². The van der Waals surface area contributed by atoms with Crippen LogP contribution in [0.4, 0.5) is 13.2 Å². The molecule has 0 spiro atoms. The molecule has 0 bridgehead atoms. The molecule has 1 aromatic carbocycles. The largest absolute Gasteiger partial charge is 0.416 e. The van der Waals surface area contributed by atoms with Gasteiger partial charge in [0.2, 0.25) is 3.83 Å². The third-order valence-electron chi connectivity index (χ3n) is 1.84. The van der Waals surface area contributed by atoms with Crippen molar-refractivity contribution in [1.29, 1.82) is 0 Å². The van der Waals surface area contributed by atoms with Crippen molar-refractivity contribution in [3.63, 3.8) is 0 Å². The lowest BCUT2D eigenvalue weighted by molar-refractivity contribution is -0.137. The van der Waals surface area contributed by atoms with Crippen molar-refractivity contribution in [1.82, 2.24) is 9.36 Å². The Morgan fingerprint density at radius 1 is 1.25 bits per heavy atom. The second-order valence-electron chi connectivity index (χ2n) is 2.95. The zero-order chi connectivity index (χ0) is 11.8. The lowest BCUT2D eigenvalue weighted by Crippen LogP contribution is -2.04. The SMILES string of the molecule is FC(F)(F)c1cccc(-c2nc(I)ns2)c1. The van der Waals surface area contributed by atoms with Gasteiger partial charge in [-0.2, -0.15) is 17.5 Å². The maximum absolute atomic E-state index is 12.5. The van der Waals surface area contributed by atoms with Gasteiger partial charge in [-0.15, -0.1) is 0 Å². The zero-order valence-electron chi connectivity index (χ0n) is 7.62. The standard InChI is InChI=1S/C9H4F3IN2S/c10-9(11,12)6-3-1-2-5(4-6)7-14-8(13)15-16-7/h1-4H. The molecule has 0 atom stereocenters. The average Bonchev–Trinajstić information content (AvgIpc) is 2.64. The van der Waals surface area contributed by atoms with Gasteiger partial charge in [-0.3, -0.25) is 0 Å². The van der Waals surface area contributed by atoms with Crippen LogP contribution in [0.15, 0.2) is 24.3 Å². The molecule has 0 fully saturated rings. The molecule has 0 saturated carbocycles. The Kier molecular flexibility index (Phi) is 3.15. The van der Waals surface area contributed by atoms with E-state index in [0.717, 1.165) is 23.7 Å². The fourth-order valence-corrected chi connectivity index (χ4v) is 2.41. The summed E-state index contributed by atoms with van der Waals surface area (Å²) < 4.78 is 41.8. The van der Waals surface area contributed by atoms with E-state index in [2.05, 4.69) is 9.36 Å². The molecule has 16 heavy (non-hydrogen) atoms. The van der Waals surface area contributed by atoms with Gasteiger partial charge in [0.25, 0.3) is 0 Å². The first kappa shape index (κ1) is 11.8. The second kappa shape index (κ2) is 4.28. The predicted molar refractivity (Wildman–Crippen MR) is 63.1 cm³/mol. The normalized spacial score (nSPS) is 11.8. The molecule has 0 aliphatic carbocycles. The molecule has 7 heteroatoms. The molecule has 1 heterocycles. The summed E-state index contributed by atoms with van der Waals surface area (Å²) in [5, 5.41) is 0.496. The molecule has 0 radical (unpaired) electrons. The third kappa shape index (κ3) is 2.51. The van der Waals surface area contributed by atoms with Crippen molar-refractivity contribution >= 4 is 34.1 Å². The maximum atomic E-state index is 12.5. The Labute approximate surface area is 107 Å². The van der Waals surface area contributed by atoms with E-state index in [9.17, 15) is 13.2 Å². The molecular weight excluding hydrogens is 352 g/mol. The van der Waals surface area contributed by atoms with Crippen LogP contribution in [0, 0.1) is 3.83 Å². The van der Waals surface area contributed by atoms with E-state index in [1.54, 1.807) is 6.07 Å². The van der Waals surface area contributed by atoms with Crippen LogP contribution in [0.2, 0.25) is 0 Å². The van der Waals surface area contributed by atoms with Crippen molar-refractivity contribution < 1.29 is 13.2 Å². The van der Waals surface area contributed by atoms with E-state index >= 15 is 0 Å². The zero-order valence-corrected chi connectivity index (χ0v) is 10.6. The van der Waals surface area contributed by atoms with Gasteiger partial charge in [0.05, 0.1) is 5.56 Å². The highest BCUT2D eigenvalue weighted by Crippen LogP contribution is 2.32. The first-order valence-corrected chi connectivity index (χ1v) is 5.99. The quantitative estimate of drug-likeness (QED) is 0.726. The predicted octanol–water partition coefficient (Wildman–Crippen LogP) is 3.83. The van der Waals surface area contributed by atoms with Crippen molar-refractivity contribution in [2.24, 2.45) is 0 Å². The lowest BCUT2D eigenvalue weighted by atomic mass is 10.1. The minimum atomic E-state index is -4.33. The molecule has 0 N–H and O–H groups in total. The Hall–Kier alpha value is -0.700. The average molecular weight is 356 g/mol. The number of alkyl halides is 3. The van der Waals surface area contributed by atoms with Gasteiger partial charge < -0.3 is 0 Å². The third-order valence-corrected chi connectivity index (χ3v) is 3.41. The number of nitrogens with zero attached hydrogens (tertiary/aromatic N) is 2. The van der Waals surface area contributed by atoms with Gasteiger partial charge in [-0.05, 0) is 23.7 Å². The van der Waals surface area contributed by atoms with E-state index in [4.69, 9.17) is 0 Å². The molecule has 0 saturated heterocycles. The number of rotatable bonds is 1. The van der Waals surface area contributed by atoms with Crippen molar-refractivity contribution in [3.8, 4) is 10.6 Å². The molecule has 84 valence electrons. The topological polar surface area (TPSA) is 25.8 Å². The van der Waals surface area contributed by atoms with E-state index < -0.39 is 11.7 Å². The van der Waals surface area contributed by atoms with Gasteiger partial charge in [-0.1, -0.05) is 12.1 Å². The fourth-order valence-electron chi connectivity index (χ4n) is 1.15. The van der Waals surface area contributed by atoms with E-state index in [1.165, 1.54) is 6.07 Å². The first-order chi connectivity index (χ1) is 7.47. The number of aromatic nitrogens is 2. The Balaban J connectivity index is 2.44. The van der Waals surface area contributed by atoms with Gasteiger partial charge in [0, 0.05) is 28.2 Å². The first-order valence-electron chi connectivity index (χ1n) is 4.13. The summed E-state index contributed by atoms with van der Waals surface area (Å²) in [5.74, 6) is 0. The van der Waals surface area contributed by atoms with E-state index in [0.29, 0.717) is 14.4 Å². The Bertz CT molecular complexity index is 509. The van der Waals surface area contributed by atoms with E-state index in [1.807, 2.05) is 22.6 Å². The smallest absolute Gasteiger partial charge is 0.210 e. The number of hydrogen-bond acceptors (Lipinski definition) is 3. The molecule has 0 aliphatic rings. The number of halogens is 4. The van der Waals surface area contributed by atoms with Crippen LogP contribution < -0.4 is 0 Å². The Morgan fingerprint density at radius 3 is 2.56 bits per heavy atom. The number of hydrogen-bond donors (Lipinski definition) is 0. The van der Waals surface area contributed by atoms with Crippen LogP contribution >= 0.6 is 34.1 Å². The van der Waals surface area contributed by atoms with Crippen molar-refractivity contribution in [2.75, 3.05) is 0 Å². The molecule has 0 aliphatic heterocycles. The molecule has 2 nitrogen and oxygen atoms in total. The minimum absolute atomic E-state index is 0.440. The lowest BCUT2D eigenvalue weighted by Gasteiger charge is -2.06. The minimum Gasteiger partial charge on any atom is -0.210 e. The summed E-state index contributed by atoms with van der Waals surface area (Å²) >= 11 is 3.00. The van der Waals surface area contributed by atoms with Crippen LogP contribution in [0.3, 0.4) is 0 Å². The summed E-state index contributed by atoms with van der Waals surface area (Å²) in [6.07, 6.45) is -4.33. The molecule has 2 rings (SSSR count). The highest BCUT2D eigenvalue weighted by atomic mass is 127. The van der Waals surface area contributed by atoms with Crippen LogP contribution in [0.1, 0.15) is 5.56 Å². The van der Waals surface area contributed by atoms with Gasteiger partial charge >= 0.3 is 6.18 Å². The summed E-state index contributed by atoms with van der Waals surface area (Å²) in [6, 6.07) is 5.07. The van der Waals surface area contributed by atoms with Crippen LogP contribution in [0.25, 0.3) is 10.6 Å². The summed E-state index contributed by atoms with van der Waals surface area (Å²) in [4.78, 5) is 4.03. The molecule has 0 amide bonds. The fraction of sp³-hybridized carbons (Fsp3) is 0.111. The molecule has 1 aromatic heterocycles. The summed E-state index contributed by atoms with van der Waals surface area (Å²) in [5.41, 5.74) is -0.231. The van der Waals surface area contributed by atoms with Gasteiger partial charge in [0.15, 0.2) is 0 Å². The van der Waals surface area contributed by atoms with Crippen LogP contribution in [0.5, 0.6) is 0 Å². The molecule has 0 unspecified atom stereocenters. The van der Waals surface area contributed by atoms with Crippen molar-refractivity contribution in [3.05, 3.63) is 33.7 Å². The Morgan fingerprint density at radius 2 is 2.00 bits per heavy atom. The summed E-state index contributed by atoms with van der Waals surface area (Å²) in [6.45, 7) is 0. The number of benzene rings is 1. The molecule has 2 aromatic rings. The van der Waals surface area contributed by atoms with E-state index in [-0.39, 0.29) is 0 Å². The van der Waals surface area contributed by atoms with Gasteiger partial charge in [-0.25, -0.2) is 4.98 Å². The highest BCUT2D eigenvalue weighted by Gasteiger charge is 2.30. The maximum Gasteiger partial charge on any atom is 0.416 e. The second-order valence-corrected chi connectivity index (χ2v) is 4.66. The van der Waals surface area contributed by atoms with Crippen molar-refractivity contribution in [2.45, 2.75) is 6.18 Å². The van der Waals surface area contributed by atoms with Gasteiger partial charge in [0.1, 0.15) is 5.01 Å². The molecular formula is C9H4F3IN2S. The highest BCUT2D eigenvalue weighted by molar-refractivity contribution is 14.1.